The van der Waals surface area contributed by atoms with Crippen molar-refractivity contribution in [3.63, 3.8) is 0 Å². The van der Waals surface area contributed by atoms with Gasteiger partial charge in [0, 0.05) is 25.2 Å². The van der Waals surface area contributed by atoms with Gasteiger partial charge in [0.05, 0.1) is 13.0 Å². The van der Waals surface area contributed by atoms with Gasteiger partial charge in [-0.05, 0) is 67.6 Å². The van der Waals surface area contributed by atoms with Crippen LogP contribution in [-0.4, -0.2) is 49.1 Å². The van der Waals surface area contributed by atoms with Crippen molar-refractivity contribution in [2.75, 3.05) is 26.2 Å². The molecule has 1 saturated heterocycles. The number of ether oxygens (including phenoxy) is 2. The average Bonchev–Trinajstić information content (AvgIpc) is 2.78. The number of nitrogens with zero attached hydrogens (tertiary/aromatic N) is 1. The third-order valence-corrected chi connectivity index (χ3v) is 5.31. The van der Waals surface area contributed by atoms with Crippen LogP contribution >= 0.6 is 0 Å². The zero-order valence-corrected chi connectivity index (χ0v) is 18.0. The molecular weight excluding hydrogens is 415 g/mol. The molecule has 1 aliphatic heterocycles. The van der Waals surface area contributed by atoms with Gasteiger partial charge in [-0.2, -0.15) is 0 Å². The van der Waals surface area contributed by atoms with Gasteiger partial charge in [-0.1, -0.05) is 12.1 Å². The highest BCUT2D eigenvalue weighted by atomic mass is 19.1. The van der Waals surface area contributed by atoms with E-state index < -0.39 is 6.16 Å². The summed E-state index contributed by atoms with van der Waals surface area (Å²) in [5.74, 6) is 0.0255. The van der Waals surface area contributed by atoms with Crippen molar-refractivity contribution in [2.24, 2.45) is 5.92 Å². The van der Waals surface area contributed by atoms with Crippen LogP contribution in [-0.2, 0) is 16.0 Å². The summed E-state index contributed by atoms with van der Waals surface area (Å²) in [6.07, 6.45) is 0.938. The second-order valence-corrected chi connectivity index (χ2v) is 7.66. The number of halogens is 1. The first kappa shape index (κ1) is 23.2. The molecule has 3 rings (SSSR count). The molecule has 2 aromatic rings. The largest absolute Gasteiger partial charge is 0.513 e. The second-order valence-electron chi connectivity index (χ2n) is 7.66. The van der Waals surface area contributed by atoms with Crippen molar-refractivity contribution in [3.05, 3.63) is 65.5 Å². The number of benzene rings is 2. The first-order valence-electron chi connectivity index (χ1n) is 10.7. The Kier molecular flexibility index (Phi) is 8.19. The first-order chi connectivity index (χ1) is 15.4. The standard InChI is InChI=1S/C24H27FN2O5/c1-2-31-24(30)32-21-8-6-19(7-9-21)23(29)27-12-10-17(11-13-27)16-26-22(28)15-18-4-3-5-20(25)14-18/h3-9,14,17H,2,10-13,15-16H2,1H3,(H,26,28). The van der Waals surface area contributed by atoms with Gasteiger partial charge in [0.15, 0.2) is 0 Å². The highest BCUT2D eigenvalue weighted by Crippen LogP contribution is 2.20. The lowest BCUT2D eigenvalue weighted by molar-refractivity contribution is -0.120. The van der Waals surface area contributed by atoms with Gasteiger partial charge < -0.3 is 19.7 Å². The highest BCUT2D eigenvalue weighted by Gasteiger charge is 2.24. The maximum atomic E-state index is 13.2. The monoisotopic (exact) mass is 442 g/mol. The maximum Gasteiger partial charge on any atom is 0.513 e. The number of hydrogen-bond donors (Lipinski definition) is 1. The SMILES string of the molecule is CCOC(=O)Oc1ccc(C(=O)N2CCC(CNC(=O)Cc3cccc(F)c3)CC2)cc1. The topological polar surface area (TPSA) is 84.9 Å². The van der Waals surface area contributed by atoms with E-state index in [1.54, 1.807) is 48.2 Å². The van der Waals surface area contributed by atoms with Crippen LogP contribution in [0.5, 0.6) is 5.75 Å². The Hall–Kier alpha value is -3.42. The van der Waals surface area contributed by atoms with Crippen LogP contribution in [0.3, 0.4) is 0 Å². The summed E-state index contributed by atoms with van der Waals surface area (Å²) in [6.45, 7) is 3.65. The van der Waals surface area contributed by atoms with E-state index in [9.17, 15) is 18.8 Å². The van der Waals surface area contributed by atoms with Crippen molar-refractivity contribution >= 4 is 18.0 Å². The molecule has 8 heteroatoms. The molecule has 0 spiro atoms. The quantitative estimate of drug-likeness (QED) is 0.523. The average molecular weight is 442 g/mol. The van der Waals surface area contributed by atoms with Crippen LogP contribution in [0.1, 0.15) is 35.7 Å². The maximum absolute atomic E-state index is 13.2. The molecule has 0 atom stereocenters. The summed E-state index contributed by atoms with van der Waals surface area (Å²) >= 11 is 0. The van der Waals surface area contributed by atoms with Crippen molar-refractivity contribution in [3.8, 4) is 5.75 Å². The zero-order chi connectivity index (χ0) is 22.9. The van der Waals surface area contributed by atoms with Crippen LogP contribution in [0, 0.1) is 11.7 Å². The molecule has 1 aliphatic rings. The number of carbonyl (C=O) groups excluding carboxylic acids is 3. The predicted octanol–water partition coefficient (Wildman–Crippen LogP) is 3.57. The molecule has 0 radical (unpaired) electrons. The fourth-order valence-electron chi connectivity index (χ4n) is 3.58. The lowest BCUT2D eigenvalue weighted by Crippen LogP contribution is -2.41. The third kappa shape index (κ3) is 6.80. The summed E-state index contributed by atoms with van der Waals surface area (Å²) < 4.78 is 22.9. The smallest absolute Gasteiger partial charge is 0.434 e. The molecular formula is C24H27FN2O5. The summed E-state index contributed by atoms with van der Waals surface area (Å²) in [5, 5.41) is 2.91. The van der Waals surface area contributed by atoms with Crippen molar-refractivity contribution in [2.45, 2.75) is 26.2 Å². The molecule has 0 bridgehead atoms. The van der Waals surface area contributed by atoms with Crippen LogP contribution in [0.2, 0.25) is 0 Å². The minimum absolute atomic E-state index is 0.0822. The van der Waals surface area contributed by atoms with Gasteiger partial charge >= 0.3 is 6.16 Å². The van der Waals surface area contributed by atoms with E-state index in [1.807, 2.05) is 0 Å². The van der Waals surface area contributed by atoms with Crippen LogP contribution in [0.15, 0.2) is 48.5 Å². The summed E-state index contributed by atoms with van der Waals surface area (Å²) in [4.78, 5) is 38.0. The van der Waals surface area contributed by atoms with E-state index in [0.29, 0.717) is 36.5 Å². The lowest BCUT2D eigenvalue weighted by atomic mass is 9.96. The van der Waals surface area contributed by atoms with E-state index in [2.05, 4.69) is 5.32 Å². The van der Waals surface area contributed by atoms with Crippen LogP contribution < -0.4 is 10.1 Å². The normalized spacial score (nSPS) is 14.0. The Morgan fingerprint density at radius 2 is 1.81 bits per heavy atom. The molecule has 170 valence electrons. The van der Waals surface area contributed by atoms with Gasteiger partial charge in [0.25, 0.3) is 5.91 Å². The Labute approximate surface area is 186 Å². The predicted molar refractivity (Wildman–Crippen MR) is 116 cm³/mol. The van der Waals surface area contributed by atoms with Crippen molar-refractivity contribution in [1.29, 1.82) is 0 Å². The Bertz CT molecular complexity index is 940. The van der Waals surface area contributed by atoms with Crippen LogP contribution in [0.25, 0.3) is 0 Å². The molecule has 2 aromatic carbocycles. The Balaban J connectivity index is 1.41. The fourth-order valence-corrected chi connectivity index (χ4v) is 3.58. The first-order valence-corrected chi connectivity index (χ1v) is 10.7. The van der Waals surface area contributed by atoms with Gasteiger partial charge in [-0.25, -0.2) is 9.18 Å². The number of likely N-dealkylation sites (tertiary alicyclic amines) is 1. The van der Waals surface area contributed by atoms with Crippen LogP contribution in [0.4, 0.5) is 9.18 Å². The molecule has 1 heterocycles. The molecule has 0 unspecified atom stereocenters. The fraction of sp³-hybridized carbons (Fsp3) is 0.375. The lowest BCUT2D eigenvalue weighted by Gasteiger charge is -2.32. The number of piperidine rings is 1. The van der Waals surface area contributed by atoms with E-state index in [4.69, 9.17) is 9.47 Å². The number of hydrogen-bond acceptors (Lipinski definition) is 5. The zero-order valence-electron chi connectivity index (χ0n) is 18.0. The van der Waals surface area contributed by atoms with E-state index >= 15 is 0 Å². The molecule has 1 fully saturated rings. The van der Waals surface area contributed by atoms with Gasteiger partial charge in [0.2, 0.25) is 5.91 Å². The van der Waals surface area contributed by atoms with E-state index in [0.717, 1.165) is 12.8 Å². The molecule has 1 N–H and O–H groups in total. The highest BCUT2D eigenvalue weighted by molar-refractivity contribution is 5.94. The molecule has 0 aliphatic carbocycles. The second kappa shape index (κ2) is 11.3. The van der Waals surface area contributed by atoms with Crippen molar-refractivity contribution < 1.29 is 28.2 Å². The number of nitrogens with one attached hydrogen (secondary N) is 1. The third-order valence-electron chi connectivity index (χ3n) is 5.31. The van der Waals surface area contributed by atoms with Gasteiger partial charge in [-0.3, -0.25) is 9.59 Å². The van der Waals surface area contributed by atoms with E-state index in [1.165, 1.54) is 12.1 Å². The molecule has 2 amide bonds. The molecule has 32 heavy (non-hydrogen) atoms. The van der Waals surface area contributed by atoms with E-state index in [-0.39, 0.29) is 36.6 Å². The summed E-state index contributed by atoms with van der Waals surface area (Å²) in [7, 11) is 0. The number of amides is 2. The minimum Gasteiger partial charge on any atom is -0.434 e. The Morgan fingerprint density at radius 1 is 1.09 bits per heavy atom. The molecule has 0 aromatic heterocycles. The Morgan fingerprint density at radius 3 is 2.47 bits per heavy atom. The summed E-state index contributed by atoms with van der Waals surface area (Å²) in [6, 6.07) is 12.4. The molecule has 7 nitrogen and oxygen atoms in total. The number of rotatable bonds is 7. The minimum atomic E-state index is -0.781. The van der Waals surface area contributed by atoms with Crippen molar-refractivity contribution in [1.82, 2.24) is 10.2 Å². The van der Waals surface area contributed by atoms with Gasteiger partial charge in [0.1, 0.15) is 11.6 Å². The summed E-state index contributed by atoms with van der Waals surface area (Å²) in [5.41, 5.74) is 1.16. The number of carbonyl (C=O) groups is 3. The van der Waals surface area contributed by atoms with Gasteiger partial charge in [-0.15, -0.1) is 0 Å². The molecule has 0 saturated carbocycles.